The fourth-order valence-corrected chi connectivity index (χ4v) is 5.28. The molecule has 4 heterocycles. The van der Waals surface area contributed by atoms with Crippen molar-refractivity contribution >= 4 is 46.1 Å². The van der Waals surface area contributed by atoms with Crippen LogP contribution in [-0.2, 0) is 11.3 Å². The smallest absolute Gasteiger partial charge is 0.323 e. The molecule has 0 spiro atoms. The number of aryl methyl sites for hydroxylation is 1. The van der Waals surface area contributed by atoms with E-state index in [9.17, 15) is 9.59 Å². The summed E-state index contributed by atoms with van der Waals surface area (Å²) < 4.78 is 7.28. The Morgan fingerprint density at radius 3 is 2.00 bits per heavy atom. The van der Waals surface area contributed by atoms with Crippen LogP contribution >= 0.6 is 0 Å². The second-order valence-electron chi connectivity index (χ2n) is 10.6. The summed E-state index contributed by atoms with van der Waals surface area (Å²) in [7, 11) is 0. The Bertz CT molecular complexity index is 1590. The van der Waals surface area contributed by atoms with Crippen molar-refractivity contribution < 1.29 is 14.3 Å². The lowest BCUT2D eigenvalue weighted by Gasteiger charge is -2.33. The Labute approximate surface area is 255 Å². The number of piperazine rings is 1. The van der Waals surface area contributed by atoms with Crippen molar-refractivity contribution in [1.29, 1.82) is 0 Å². The fourth-order valence-electron chi connectivity index (χ4n) is 5.28. The van der Waals surface area contributed by atoms with Crippen LogP contribution in [-0.4, -0.2) is 106 Å². The van der Waals surface area contributed by atoms with Crippen molar-refractivity contribution in [2.24, 2.45) is 0 Å². The number of carbonyl (C=O) groups excluding carboxylic acids is 2. The molecule has 2 aromatic heterocycles. The molecular weight excluding hydrogens is 562 g/mol. The first-order valence-corrected chi connectivity index (χ1v) is 15.0. The van der Waals surface area contributed by atoms with E-state index in [0.29, 0.717) is 66.9 Å². The van der Waals surface area contributed by atoms with E-state index in [2.05, 4.69) is 43.0 Å². The lowest BCUT2D eigenvalue weighted by molar-refractivity contribution is 0.122. The van der Waals surface area contributed by atoms with Gasteiger partial charge in [-0.1, -0.05) is 12.1 Å². The number of fused-ring (bicyclic) bond motifs is 1. The van der Waals surface area contributed by atoms with Crippen molar-refractivity contribution in [3.05, 3.63) is 48.5 Å². The molecule has 0 aliphatic carbocycles. The molecule has 0 atom stereocenters. The summed E-state index contributed by atoms with van der Waals surface area (Å²) in [6, 6.07) is 13.9. The Hall–Kier alpha value is -4.82. The number of nitrogens with one attached hydrogen (secondary N) is 3. The molecular formula is C30H37N11O3. The first-order chi connectivity index (χ1) is 21.5. The lowest BCUT2D eigenvalue weighted by atomic mass is 10.2. The second kappa shape index (κ2) is 13.2. The number of likely N-dealkylation sites (N-methyl/N-ethyl adjacent to an activating group) is 1. The van der Waals surface area contributed by atoms with E-state index in [1.807, 2.05) is 36.1 Å². The van der Waals surface area contributed by atoms with Crippen LogP contribution in [0, 0.1) is 0 Å². The Morgan fingerprint density at radius 1 is 0.773 bits per heavy atom. The van der Waals surface area contributed by atoms with Crippen LogP contribution in [0.5, 0.6) is 0 Å². The normalized spacial score (nSPS) is 15.8. The monoisotopic (exact) mass is 599 g/mol. The average molecular weight is 600 g/mol. The lowest BCUT2D eigenvalue weighted by Crippen LogP contribution is -2.49. The van der Waals surface area contributed by atoms with E-state index in [4.69, 9.17) is 14.7 Å². The van der Waals surface area contributed by atoms with Crippen molar-refractivity contribution in [2.45, 2.75) is 20.4 Å². The summed E-state index contributed by atoms with van der Waals surface area (Å²) in [5.74, 6) is 1.30. The maximum Gasteiger partial charge on any atom is 0.323 e. The van der Waals surface area contributed by atoms with E-state index < -0.39 is 0 Å². The summed E-state index contributed by atoms with van der Waals surface area (Å²) in [5, 5.41) is 17.2. The molecule has 14 nitrogen and oxygen atoms in total. The number of hydrogen-bond acceptors (Lipinski definition) is 9. The highest BCUT2D eigenvalue weighted by molar-refractivity contribution is 6.00. The third-order valence-corrected chi connectivity index (χ3v) is 7.86. The van der Waals surface area contributed by atoms with Crippen LogP contribution in [0.25, 0.3) is 22.6 Å². The summed E-state index contributed by atoms with van der Waals surface area (Å²) >= 11 is 0. The average Bonchev–Trinajstić information content (AvgIpc) is 3.49. The molecule has 0 saturated carbocycles. The van der Waals surface area contributed by atoms with Crippen molar-refractivity contribution in [1.82, 2.24) is 34.8 Å². The SMILES string of the molecule is CCN1CCN(C(=O)Nc2ccc(NC(=O)Nc3ccc(-c4nc(N5CCOCC5)c5nnn(CC)c5n4)cc3)cc2)CC1. The number of morpholine rings is 1. The van der Waals surface area contributed by atoms with Crippen LogP contribution < -0.4 is 20.9 Å². The van der Waals surface area contributed by atoms with Crippen molar-refractivity contribution in [2.75, 3.05) is 79.9 Å². The molecule has 2 aliphatic heterocycles. The van der Waals surface area contributed by atoms with Crippen LogP contribution in [0.4, 0.5) is 32.5 Å². The molecule has 3 N–H and O–H groups in total. The molecule has 44 heavy (non-hydrogen) atoms. The third kappa shape index (κ3) is 6.55. The van der Waals surface area contributed by atoms with Crippen LogP contribution in [0.1, 0.15) is 13.8 Å². The van der Waals surface area contributed by atoms with Gasteiger partial charge in [0.1, 0.15) is 0 Å². The minimum absolute atomic E-state index is 0.113. The number of rotatable bonds is 7. The van der Waals surface area contributed by atoms with Gasteiger partial charge in [0.2, 0.25) is 0 Å². The minimum atomic E-state index is -0.381. The Balaban J connectivity index is 1.07. The Morgan fingerprint density at radius 2 is 1.39 bits per heavy atom. The van der Waals surface area contributed by atoms with Gasteiger partial charge in [-0.25, -0.2) is 24.2 Å². The largest absolute Gasteiger partial charge is 0.378 e. The maximum atomic E-state index is 12.7. The molecule has 0 radical (unpaired) electrons. The number of urea groups is 2. The summed E-state index contributed by atoms with van der Waals surface area (Å²) in [6.07, 6.45) is 0. The number of amides is 4. The highest BCUT2D eigenvalue weighted by Gasteiger charge is 2.22. The standard InChI is InChI=1S/C30H37N11O3/c1-3-38-13-15-40(16-14-38)30(43)33-24-11-9-23(10-12-24)32-29(42)31-22-7-5-21(6-8-22)26-34-27(39-17-19-44-20-18-39)25-28(35-26)41(4-2)37-36-25/h5-12H,3-4,13-20H2,1-2H3,(H,33,43)(H2,31,32,42). The van der Waals surface area contributed by atoms with Gasteiger partial charge in [0.15, 0.2) is 22.8 Å². The third-order valence-electron chi connectivity index (χ3n) is 7.86. The minimum Gasteiger partial charge on any atom is -0.378 e. The molecule has 0 bridgehead atoms. The number of carbonyl (C=O) groups is 2. The highest BCUT2D eigenvalue weighted by Crippen LogP contribution is 2.27. The summed E-state index contributed by atoms with van der Waals surface area (Å²) in [5.41, 5.74) is 4.06. The quantitative estimate of drug-likeness (QED) is 0.290. The van der Waals surface area contributed by atoms with Crippen molar-refractivity contribution in [3.8, 4) is 11.4 Å². The van der Waals surface area contributed by atoms with Gasteiger partial charge in [0, 0.05) is 68.4 Å². The van der Waals surface area contributed by atoms with Gasteiger partial charge in [-0.3, -0.25) is 0 Å². The predicted octanol–water partition coefficient (Wildman–Crippen LogP) is 3.56. The van der Waals surface area contributed by atoms with Crippen LogP contribution in [0.3, 0.4) is 0 Å². The van der Waals surface area contributed by atoms with Crippen LogP contribution in [0.2, 0.25) is 0 Å². The van der Waals surface area contributed by atoms with Crippen LogP contribution in [0.15, 0.2) is 48.5 Å². The van der Waals surface area contributed by atoms with Gasteiger partial charge in [-0.05, 0) is 62.0 Å². The van der Waals surface area contributed by atoms with E-state index in [1.165, 1.54) is 0 Å². The molecule has 6 rings (SSSR count). The fraction of sp³-hybridized carbons (Fsp3) is 0.400. The second-order valence-corrected chi connectivity index (χ2v) is 10.6. The summed E-state index contributed by atoms with van der Waals surface area (Å²) in [4.78, 5) is 41.2. The molecule has 14 heteroatoms. The molecule has 2 aliphatic rings. The molecule has 2 aromatic carbocycles. The number of hydrogen-bond donors (Lipinski definition) is 3. The zero-order valence-electron chi connectivity index (χ0n) is 25.0. The van der Waals surface area contributed by atoms with Gasteiger partial charge in [0.05, 0.1) is 13.2 Å². The van der Waals surface area contributed by atoms with Gasteiger partial charge in [-0.15, -0.1) is 5.10 Å². The number of ether oxygens (including phenoxy) is 1. The maximum absolute atomic E-state index is 12.7. The zero-order valence-corrected chi connectivity index (χ0v) is 25.0. The number of aromatic nitrogens is 5. The predicted molar refractivity (Wildman–Crippen MR) is 169 cm³/mol. The van der Waals surface area contributed by atoms with E-state index >= 15 is 0 Å². The van der Waals surface area contributed by atoms with Gasteiger partial charge in [0.25, 0.3) is 0 Å². The number of anilines is 4. The highest BCUT2D eigenvalue weighted by atomic mass is 16.5. The van der Waals surface area contributed by atoms with Gasteiger partial charge in [-0.2, -0.15) is 0 Å². The van der Waals surface area contributed by atoms with E-state index in [1.54, 1.807) is 28.9 Å². The van der Waals surface area contributed by atoms with E-state index in [0.717, 1.165) is 44.1 Å². The molecule has 2 saturated heterocycles. The molecule has 0 unspecified atom stereocenters. The molecule has 4 aromatic rings. The number of nitrogens with zero attached hydrogens (tertiary/aromatic N) is 8. The molecule has 2 fully saturated rings. The summed E-state index contributed by atoms with van der Waals surface area (Å²) in [6.45, 7) is 11.6. The molecule has 230 valence electrons. The first kappa shape index (κ1) is 29.3. The Kier molecular flexibility index (Phi) is 8.79. The topological polar surface area (TPSA) is 146 Å². The van der Waals surface area contributed by atoms with Crippen molar-refractivity contribution in [3.63, 3.8) is 0 Å². The van der Waals surface area contributed by atoms with E-state index in [-0.39, 0.29) is 12.1 Å². The number of benzene rings is 2. The molecule has 4 amide bonds. The zero-order chi connectivity index (χ0) is 30.5. The van der Waals surface area contributed by atoms with Gasteiger partial charge >= 0.3 is 12.1 Å². The first-order valence-electron chi connectivity index (χ1n) is 15.0. The van der Waals surface area contributed by atoms with Gasteiger partial charge < -0.3 is 35.4 Å².